The molecule has 6 nitrogen and oxygen atoms in total. The molecule has 0 atom stereocenters. The number of rotatable bonds is 3. The first-order valence-corrected chi connectivity index (χ1v) is 7.34. The third-order valence-electron chi connectivity index (χ3n) is 3.97. The van der Waals surface area contributed by atoms with Crippen molar-refractivity contribution in [3.8, 4) is 40.3 Å². The van der Waals surface area contributed by atoms with E-state index < -0.39 is 0 Å². The Balaban J connectivity index is 2.32. The number of aromatic nitrogens is 2. The first-order valence-electron chi connectivity index (χ1n) is 7.34. The van der Waals surface area contributed by atoms with Gasteiger partial charge in [-0.25, -0.2) is 4.68 Å². The standard InChI is InChI=1S/C17H18N2O4/c1-4-6-11-9-12(22-2)14(13(10-11)23-3)15-16(20)18-7-5-8-19(18)17(15)21/h9-10,20H,5,7-8H2,1-3H3. The average molecular weight is 314 g/mol. The third-order valence-corrected chi connectivity index (χ3v) is 3.97. The highest BCUT2D eigenvalue weighted by molar-refractivity contribution is 5.81. The molecule has 3 rings (SSSR count). The summed E-state index contributed by atoms with van der Waals surface area (Å²) < 4.78 is 14.0. The van der Waals surface area contributed by atoms with Crippen LogP contribution in [0.3, 0.4) is 0 Å². The zero-order valence-electron chi connectivity index (χ0n) is 13.3. The normalized spacial score (nSPS) is 12.5. The Labute approximate surface area is 133 Å². The molecule has 0 aliphatic carbocycles. The Hall–Kier alpha value is -2.81. The summed E-state index contributed by atoms with van der Waals surface area (Å²) in [4.78, 5) is 12.7. The van der Waals surface area contributed by atoms with Gasteiger partial charge in [0.05, 0.1) is 19.8 Å². The Morgan fingerprint density at radius 1 is 1.09 bits per heavy atom. The second-order valence-electron chi connectivity index (χ2n) is 5.23. The predicted molar refractivity (Wildman–Crippen MR) is 86.1 cm³/mol. The van der Waals surface area contributed by atoms with Crippen molar-refractivity contribution in [2.75, 3.05) is 14.2 Å². The van der Waals surface area contributed by atoms with E-state index >= 15 is 0 Å². The van der Waals surface area contributed by atoms with E-state index in [-0.39, 0.29) is 17.0 Å². The SMILES string of the molecule is CC#Cc1cc(OC)c(-c2c(O)n3n(c2=O)CCC3)c(OC)c1. The molecular formula is C17H18N2O4. The van der Waals surface area contributed by atoms with Crippen molar-refractivity contribution < 1.29 is 14.6 Å². The second kappa shape index (κ2) is 5.76. The van der Waals surface area contributed by atoms with Crippen molar-refractivity contribution in [2.24, 2.45) is 0 Å². The number of fused-ring (bicyclic) bond motifs is 1. The van der Waals surface area contributed by atoms with Gasteiger partial charge in [-0.15, -0.1) is 5.92 Å². The fourth-order valence-corrected chi connectivity index (χ4v) is 2.99. The number of methoxy groups -OCH3 is 2. The molecule has 0 amide bonds. The molecule has 23 heavy (non-hydrogen) atoms. The molecule has 1 aliphatic heterocycles. The van der Waals surface area contributed by atoms with Crippen LogP contribution in [-0.4, -0.2) is 28.7 Å². The van der Waals surface area contributed by atoms with Crippen molar-refractivity contribution in [3.63, 3.8) is 0 Å². The molecule has 1 aliphatic rings. The van der Waals surface area contributed by atoms with E-state index in [0.29, 0.717) is 30.2 Å². The van der Waals surface area contributed by atoms with E-state index in [9.17, 15) is 9.90 Å². The summed E-state index contributed by atoms with van der Waals surface area (Å²) in [7, 11) is 3.03. The van der Waals surface area contributed by atoms with Gasteiger partial charge in [0.1, 0.15) is 17.1 Å². The summed E-state index contributed by atoms with van der Waals surface area (Å²) in [5.74, 6) is 6.59. The van der Waals surface area contributed by atoms with Crippen LogP contribution in [0.4, 0.5) is 0 Å². The summed E-state index contributed by atoms with van der Waals surface area (Å²) in [6.45, 7) is 2.95. The van der Waals surface area contributed by atoms with Crippen molar-refractivity contribution in [3.05, 3.63) is 28.0 Å². The molecule has 1 aromatic heterocycles. The largest absolute Gasteiger partial charge is 0.496 e. The van der Waals surface area contributed by atoms with Gasteiger partial charge in [0.2, 0.25) is 5.88 Å². The van der Waals surface area contributed by atoms with Crippen molar-refractivity contribution in [1.82, 2.24) is 9.36 Å². The number of nitrogens with zero attached hydrogens (tertiary/aromatic N) is 2. The molecule has 120 valence electrons. The lowest BCUT2D eigenvalue weighted by Crippen LogP contribution is -2.17. The quantitative estimate of drug-likeness (QED) is 0.878. The van der Waals surface area contributed by atoms with Crippen LogP contribution in [0.5, 0.6) is 17.4 Å². The maximum absolute atomic E-state index is 12.7. The van der Waals surface area contributed by atoms with Crippen molar-refractivity contribution in [1.29, 1.82) is 0 Å². The minimum absolute atomic E-state index is 0.0570. The van der Waals surface area contributed by atoms with Crippen LogP contribution in [0.15, 0.2) is 16.9 Å². The lowest BCUT2D eigenvalue weighted by Gasteiger charge is -2.13. The maximum atomic E-state index is 12.7. The second-order valence-corrected chi connectivity index (χ2v) is 5.23. The highest BCUT2D eigenvalue weighted by Crippen LogP contribution is 2.42. The van der Waals surface area contributed by atoms with Crippen LogP contribution in [0.2, 0.25) is 0 Å². The number of aromatic hydroxyl groups is 1. The summed E-state index contributed by atoms with van der Waals surface area (Å²) in [5.41, 5.74) is 1.13. The Bertz CT molecular complexity index is 855. The zero-order valence-corrected chi connectivity index (χ0v) is 13.3. The molecule has 2 heterocycles. The molecular weight excluding hydrogens is 296 g/mol. The lowest BCUT2D eigenvalue weighted by molar-refractivity contribution is 0.391. The third kappa shape index (κ3) is 2.25. The molecule has 1 aromatic carbocycles. The minimum Gasteiger partial charge on any atom is -0.496 e. The van der Waals surface area contributed by atoms with Gasteiger partial charge in [-0.05, 0) is 25.5 Å². The van der Waals surface area contributed by atoms with Crippen molar-refractivity contribution in [2.45, 2.75) is 26.4 Å². The molecule has 0 bridgehead atoms. The van der Waals surface area contributed by atoms with E-state index in [1.54, 1.807) is 28.4 Å². The molecule has 1 N–H and O–H groups in total. The summed E-state index contributed by atoms with van der Waals surface area (Å²) in [5, 5.41) is 10.5. The monoisotopic (exact) mass is 314 g/mol. The van der Waals surface area contributed by atoms with Crippen LogP contribution in [0, 0.1) is 11.8 Å². The van der Waals surface area contributed by atoms with Gasteiger partial charge in [0, 0.05) is 18.7 Å². The molecule has 0 fully saturated rings. The van der Waals surface area contributed by atoms with Crippen LogP contribution >= 0.6 is 0 Å². The van der Waals surface area contributed by atoms with Gasteiger partial charge in [-0.1, -0.05) is 5.92 Å². The van der Waals surface area contributed by atoms with E-state index in [1.165, 1.54) is 14.2 Å². The Morgan fingerprint density at radius 2 is 1.70 bits per heavy atom. The highest BCUT2D eigenvalue weighted by atomic mass is 16.5. The fourth-order valence-electron chi connectivity index (χ4n) is 2.99. The number of ether oxygens (including phenoxy) is 2. The first-order chi connectivity index (χ1) is 11.1. The van der Waals surface area contributed by atoms with Crippen LogP contribution < -0.4 is 15.0 Å². The lowest BCUT2D eigenvalue weighted by atomic mass is 10.0. The van der Waals surface area contributed by atoms with Gasteiger partial charge in [-0.2, -0.15) is 0 Å². The zero-order chi connectivity index (χ0) is 16.6. The molecule has 0 spiro atoms. The topological polar surface area (TPSA) is 65.6 Å². The number of benzene rings is 1. The van der Waals surface area contributed by atoms with Gasteiger partial charge in [-0.3, -0.25) is 9.48 Å². The van der Waals surface area contributed by atoms with E-state index in [4.69, 9.17) is 9.47 Å². The molecule has 0 unspecified atom stereocenters. The van der Waals surface area contributed by atoms with Crippen LogP contribution in [0.25, 0.3) is 11.1 Å². The summed E-state index contributed by atoms with van der Waals surface area (Å²) >= 11 is 0. The maximum Gasteiger partial charge on any atom is 0.278 e. The first kappa shape index (κ1) is 15.1. The molecule has 2 aromatic rings. The van der Waals surface area contributed by atoms with Gasteiger partial charge >= 0.3 is 0 Å². The van der Waals surface area contributed by atoms with E-state index in [0.717, 1.165) is 12.0 Å². The number of hydrogen-bond donors (Lipinski definition) is 1. The highest BCUT2D eigenvalue weighted by Gasteiger charge is 2.28. The van der Waals surface area contributed by atoms with Crippen LogP contribution in [0.1, 0.15) is 18.9 Å². The van der Waals surface area contributed by atoms with Gasteiger partial charge in [0.25, 0.3) is 5.56 Å². The Kier molecular flexibility index (Phi) is 3.78. The van der Waals surface area contributed by atoms with Crippen molar-refractivity contribution >= 4 is 0 Å². The summed E-state index contributed by atoms with van der Waals surface area (Å²) in [6.07, 6.45) is 0.836. The van der Waals surface area contributed by atoms with Gasteiger partial charge < -0.3 is 14.6 Å². The smallest absolute Gasteiger partial charge is 0.278 e. The molecule has 0 radical (unpaired) electrons. The summed E-state index contributed by atoms with van der Waals surface area (Å²) in [6, 6.07) is 3.47. The van der Waals surface area contributed by atoms with E-state index in [2.05, 4.69) is 11.8 Å². The molecule has 0 saturated carbocycles. The van der Waals surface area contributed by atoms with Crippen LogP contribution in [-0.2, 0) is 13.1 Å². The van der Waals surface area contributed by atoms with Gasteiger partial charge in [0.15, 0.2) is 0 Å². The molecule has 0 saturated heterocycles. The average Bonchev–Trinajstić information content (AvgIpc) is 3.12. The van der Waals surface area contributed by atoms with E-state index in [1.807, 2.05) is 0 Å². The minimum atomic E-state index is -0.245. The fraction of sp³-hybridized carbons (Fsp3) is 0.353. The number of hydrogen-bond acceptors (Lipinski definition) is 4. The molecule has 6 heteroatoms. The predicted octanol–water partition coefficient (Wildman–Crippen LogP) is 1.81. The Morgan fingerprint density at radius 3 is 2.22 bits per heavy atom.